The normalized spacial score (nSPS) is 21.8. The topological polar surface area (TPSA) is 107 Å². The molecule has 1 aliphatic carbocycles. The zero-order valence-corrected chi connectivity index (χ0v) is 21.8. The molecule has 3 heterocycles. The Hall–Kier alpha value is -2.19. The molecule has 8 nitrogen and oxygen atoms in total. The van der Waals surface area contributed by atoms with Crippen molar-refractivity contribution >= 4 is 17.7 Å². The fourth-order valence-corrected chi connectivity index (χ4v) is 6.00. The number of likely N-dealkylation sites (tertiary alicyclic amines) is 1. The third kappa shape index (κ3) is 8.17. The van der Waals surface area contributed by atoms with Gasteiger partial charge in [-0.1, -0.05) is 38.2 Å². The maximum absolute atomic E-state index is 12.8. The molecule has 0 aromatic carbocycles. The van der Waals surface area contributed by atoms with Crippen LogP contribution >= 0.6 is 0 Å². The van der Waals surface area contributed by atoms with E-state index in [1.54, 1.807) is 0 Å². The van der Waals surface area contributed by atoms with E-state index in [2.05, 4.69) is 33.0 Å². The van der Waals surface area contributed by atoms with Crippen molar-refractivity contribution in [2.45, 2.75) is 83.1 Å². The third-order valence-electron chi connectivity index (χ3n) is 8.18. The lowest BCUT2D eigenvalue weighted by molar-refractivity contribution is -0.139. The van der Waals surface area contributed by atoms with Crippen LogP contribution in [-0.4, -0.2) is 72.2 Å². The van der Waals surface area contributed by atoms with Crippen molar-refractivity contribution in [2.75, 3.05) is 44.6 Å². The molecule has 1 saturated heterocycles. The SMILES string of the molecule is O=C(NC[C@H](NCCC1CCCCC1)C(=O)O)[C@@H]1CCCN(CCCc2ccc3c(n2)NCCC3)C1. The molecule has 0 unspecified atom stereocenters. The van der Waals surface area contributed by atoms with Gasteiger partial charge in [-0.3, -0.25) is 9.59 Å². The standard InChI is InChI=1S/C28H45N5O3/c34-27(31-19-25(28(35)36)29-16-14-21-7-2-1-3-8-21)23-10-5-17-33(20-23)18-6-11-24-13-12-22-9-4-15-30-26(22)32-24/h12-13,21,23,25,29H,1-11,14-20H2,(H,30,32)(H,31,34)(H,35,36)/t23-,25+/m1/s1. The molecule has 2 fully saturated rings. The first-order chi connectivity index (χ1) is 17.6. The predicted molar refractivity (Wildman–Crippen MR) is 142 cm³/mol. The fraction of sp³-hybridized carbons (Fsp3) is 0.750. The minimum Gasteiger partial charge on any atom is -0.480 e. The molecule has 8 heteroatoms. The molecule has 0 radical (unpaired) electrons. The second kappa shape index (κ2) is 13.9. The number of aryl methyl sites for hydroxylation is 2. The van der Waals surface area contributed by atoms with Gasteiger partial charge < -0.3 is 26.0 Å². The number of rotatable bonds is 12. The highest BCUT2D eigenvalue weighted by Crippen LogP contribution is 2.26. The number of carboxylic acids is 1. The van der Waals surface area contributed by atoms with Crippen LogP contribution in [0.2, 0.25) is 0 Å². The van der Waals surface area contributed by atoms with E-state index in [1.807, 2.05) is 0 Å². The largest absolute Gasteiger partial charge is 0.480 e. The van der Waals surface area contributed by atoms with Gasteiger partial charge in [-0.15, -0.1) is 0 Å². The van der Waals surface area contributed by atoms with E-state index in [-0.39, 0.29) is 18.4 Å². The number of pyridine rings is 1. The summed E-state index contributed by atoms with van der Waals surface area (Å²) in [5.74, 6) is 0.791. The highest BCUT2D eigenvalue weighted by atomic mass is 16.4. The number of carbonyl (C=O) groups excluding carboxylic acids is 1. The molecule has 2 aliphatic heterocycles. The number of anilines is 1. The van der Waals surface area contributed by atoms with Gasteiger partial charge >= 0.3 is 5.97 Å². The van der Waals surface area contributed by atoms with Crippen LogP contribution in [0.15, 0.2) is 12.1 Å². The third-order valence-corrected chi connectivity index (χ3v) is 8.18. The number of fused-ring (bicyclic) bond motifs is 1. The van der Waals surface area contributed by atoms with Gasteiger partial charge in [-0.05, 0) is 82.1 Å². The van der Waals surface area contributed by atoms with Crippen molar-refractivity contribution in [1.29, 1.82) is 0 Å². The Bertz CT molecular complexity index is 858. The summed E-state index contributed by atoms with van der Waals surface area (Å²) < 4.78 is 0. The Labute approximate surface area is 216 Å². The summed E-state index contributed by atoms with van der Waals surface area (Å²) >= 11 is 0. The summed E-state index contributed by atoms with van der Waals surface area (Å²) in [6.07, 6.45) is 13.6. The minimum atomic E-state index is -0.893. The molecule has 1 amide bonds. The van der Waals surface area contributed by atoms with Crippen LogP contribution in [0.3, 0.4) is 0 Å². The average molecular weight is 500 g/mol. The predicted octanol–water partition coefficient (Wildman–Crippen LogP) is 3.21. The molecule has 1 saturated carbocycles. The number of carboxylic acid groups (broad SMARTS) is 1. The van der Waals surface area contributed by atoms with Gasteiger partial charge in [-0.2, -0.15) is 0 Å². The van der Waals surface area contributed by atoms with E-state index >= 15 is 0 Å². The zero-order valence-electron chi connectivity index (χ0n) is 21.8. The number of carbonyl (C=O) groups is 2. The number of aliphatic carboxylic acids is 1. The smallest absolute Gasteiger partial charge is 0.322 e. The number of aromatic nitrogens is 1. The summed E-state index contributed by atoms with van der Waals surface area (Å²) in [5.41, 5.74) is 2.45. The van der Waals surface area contributed by atoms with Gasteiger partial charge in [0.25, 0.3) is 0 Å². The van der Waals surface area contributed by atoms with E-state index in [1.165, 1.54) is 44.1 Å². The maximum atomic E-state index is 12.8. The van der Waals surface area contributed by atoms with Crippen LogP contribution in [0.25, 0.3) is 0 Å². The van der Waals surface area contributed by atoms with Gasteiger partial charge in [0.1, 0.15) is 11.9 Å². The first-order valence-electron chi connectivity index (χ1n) is 14.3. The summed E-state index contributed by atoms with van der Waals surface area (Å²) in [7, 11) is 0. The Kier molecular flexibility index (Phi) is 10.4. The lowest BCUT2D eigenvalue weighted by atomic mass is 9.87. The Morgan fingerprint density at radius 1 is 1.14 bits per heavy atom. The van der Waals surface area contributed by atoms with Crippen LogP contribution in [-0.2, 0) is 22.4 Å². The van der Waals surface area contributed by atoms with Crippen LogP contribution in [0.4, 0.5) is 5.82 Å². The number of hydrogen-bond donors (Lipinski definition) is 4. The number of piperidine rings is 1. The summed E-state index contributed by atoms with van der Waals surface area (Å²) in [6.45, 7) is 4.57. The molecule has 2 atom stereocenters. The van der Waals surface area contributed by atoms with E-state index in [0.717, 1.165) is 76.2 Å². The number of nitrogens with one attached hydrogen (secondary N) is 3. The van der Waals surface area contributed by atoms with Gasteiger partial charge in [0.05, 0.1) is 5.92 Å². The Morgan fingerprint density at radius 2 is 2.00 bits per heavy atom. The fourth-order valence-electron chi connectivity index (χ4n) is 6.00. The van der Waals surface area contributed by atoms with Crippen LogP contribution < -0.4 is 16.0 Å². The first-order valence-corrected chi connectivity index (χ1v) is 14.3. The molecule has 0 bridgehead atoms. The maximum Gasteiger partial charge on any atom is 0.322 e. The first kappa shape index (κ1) is 26.9. The molecule has 1 aromatic rings. The highest BCUT2D eigenvalue weighted by Gasteiger charge is 2.27. The Balaban J connectivity index is 1.15. The van der Waals surface area contributed by atoms with Crippen LogP contribution in [0.5, 0.6) is 0 Å². The van der Waals surface area contributed by atoms with Gasteiger partial charge in [-0.25, -0.2) is 4.98 Å². The van der Waals surface area contributed by atoms with Crippen LogP contribution in [0, 0.1) is 11.8 Å². The number of amides is 1. The summed E-state index contributed by atoms with van der Waals surface area (Å²) in [6, 6.07) is 3.64. The molecule has 3 aliphatic rings. The molecular weight excluding hydrogens is 454 g/mol. The van der Waals surface area contributed by atoms with Crippen molar-refractivity contribution in [1.82, 2.24) is 20.5 Å². The van der Waals surface area contributed by atoms with E-state index < -0.39 is 12.0 Å². The second-order valence-electron chi connectivity index (χ2n) is 11.0. The summed E-state index contributed by atoms with van der Waals surface area (Å²) in [5, 5.41) is 19.1. The Morgan fingerprint density at radius 3 is 2.83 bits per heavy atom. The quantitative estimate of drug-likeness (QED) is 0.350. The van der Waals surface area contributed by atoms with Gasteiger partial charge in [0.15, 0.2) is 0 Å². The van der Waals surface area contributed by atoms with Crippen molar-refractivity contribution in [2.24, 2.45) is 11.8 Å². The molecule has 0 spiro atoms. The molecule has 200 valence electrons. The van der Waals surface area contributed by atoms with Crippen molar-refractivity contribution < 1.29 is 14.7 Å². The lowest BCUT2D eigenvalue weighted by Gasteiger charge is -2.32. The van der Waals surface area contributed by atoms with Crippen molar-refractivity contribution in [3.05, 3.63) is 23.4 Å². The molecule has 1 aromatic heterocycles. The van der Waals surface area contributed by atoms with Crippen LogP contribution in [0.1, 0.15) is 75.5 Å². The molecule has 4 rings (SSSR count). The number of nitrogens with zero attached hydrogens (tertiary/aromatic N) is 2. The molecular formula is C28H45N5O3. The van der Waals surface area contributed by atoms with E-state index in [0.29, 0.717) is 12.5 Å². The van der Waals surface area contributed by atoms with Gasteiger partial charge in [0, 0.05) is 25.3 Å². The minimum absolute atomic E-state index is 0.0116. The molecule has 36 heavy (non-hydrogen) atoms. The summed E-state index contributed by atoms with van der Waals surface area (Å²) in [4.78, 5) is 31.7. The average Bonchev–Trinajstić information content (AvgIpc) is 2.91. The second-order valence-corrected chi connectivity index (χ2v) is 11.0. The highest BCUT2D eigenvalue weighted by molar-refractivity contribution is 5.80. The van der Waals surface area contributed by atoms with E-state index in [9.17, 15) is 14.7 Å². The monoisotopic (exact) mass is 499 g/mol. The number of hydrogen-bond acceptors (Lipinski definition) is 6. The van der Waals surface area contributed by atoms with E-state index in [4.69, 9.17) is 4.98 Å². The zero-order chi connectivity index (χ0) is 25.2. The van der Waals surface area contributed by atoms with Crippen molar-refractivity contribution in [3.8, 4) is 0 Å². The lowest BCUT2D eigenvalue weighted by Crippen LogP contribution is -2.49. The molecule has 4 N–H and O–H groups in total. The van der Waals surface area contributed by atoms with Crippen molar-refractivity contribution in [3.63, 3.8) is 0 Å². The van der Waals surface area contributed by atoms with Gasteiger partial charge in [0.2, 0.25) is 5.91 Å².